The Morgan fingerprint density at radius 2 is 1.69 bits per heavy atom. The summed E-state index contributed by atoms with van der Waals surface area (Å²) in [4.78, 5) is 2.00. The average Bonchev–Trinajstić information content (AvgIpc) is 3.02. The number of likely N-dealkylation sites (tertiary alicyclic amines) is 1. The molecule has 1 heterocycles. The summed E-state index contributed by atoms with van der Waals surface area (Å²) in [6, 6.07) is 23.3. The molecule has 0 spiro atoms. The van der Waals surface area contributed by atoms with Crippen LogP contribution in [0.4, 0.5) is 8.78 Å². The summed E-state index contributed by atoms with van der Waals surface area (Å²) in [6.45, 7) is 0.972. The molecule has 35 heavy (non-hydrogen) atoms. The van der Waals surface area contributed by atoms with E-state index < -0.39 is 12.8 Å². The number of allylic oxidation sites excluding steroid dienone is 1. The van der Waals surface area contributed by atoms with Crippen LogP contribution in [0.25, 0.3) is 11.1 Å². The van der Waals surface area contributed by atoms with Gasteiger partial charge >= 0.3 is 0 Å². The van der Waals surface area contributed by atoms with Crippen LogP contribution in [0.1, 0.15) is 40.7 Å². The van der Waals surface area contributed by atoms with Gasteiger partial charge in [-0.15, -0.1) is 0 Å². The lowest BCUT2D eigenvalue weighted by Crippen LogP contribution is -2.50. The molecule has 1 saturated heterocycles. The van der Waals surface area contributed by atoms with Crippen molar-refractivity contribution in [2.75, 3.05) is 26.3 Å². The summed E-state index contributed by atoms with van der Waals surface area (Å²) < 4.78 is 25.7. The minimum absolute atomic E-state index is 0.204. The highest BCUT2D eigenvalue weighted by atomic mass is 35.5. The van der Waals surface area contributed by atoms with Crippen molar-refractivity contribution in [1.82, 2.24) is 4.90 Å². The Morgan fingerprint density at radius 3 is 2.43 bits per heavy atom. The van der Waals surface area contributed by atoms with Crippen molar-refractivity contribution in [2.45, 2.75) is 31.9 Å². The summed E-state index contributed by atoms with van der Waals surface area (Å²) in [6.07, 6.45) is 2.63. The van der Waals surface area contributed by atoms with E-state index in [2.05, 4.69) is 48.5 Å². The first-order valence-electron chi connectivity index (χ1n) is 12.3. The van der Waals surface area contributed by atoms with Crippen LogP contribution < -0.4 is 0 Å². The molecule has 0 aromatic heterocycles. The molecule has 1 atom stereocenters. The van der Waals surface area contributed by atoms with E-state index in [-0.39, 0.29) is 6.54 Å². The Kier molecular flexibility index (Phi) is 7.57. The molecule has 5 heteroatoms. The van der Waals surface area contributed by atoms with Crippen LogP contribution in [0.5, 0.6) is 0 Å². The molecule has 5 rings (SSSR count). The van der Waals surface area contributed by atoms with Crippen molar-refractivity contribution in [3.05, 3.63) is 105 Å². The Bertz CT molecular complexity index is 1220. The molecule has 1 aliphatic carbocycles. The first-order chi connectivity index (χ1) is 17.0. The van der Waals surface area contributed by atoms with Crippen molar-refractivity contribution in [2.24, 2.45) is 5.92 Å². The lowest BCUT2D eigenvalue weighted by atomic mass is 9.86. The number of hydrogen-bond donors (Lipinski definition) is 0. The zero-order valence-corrected chi connectivity index (χ0v) is 21.1. The molecule has 182 valence electrons. The van der Waals surface area contributed by atoms with Gasteiger partial charge in [-0.05, 0) is 82.7 Å². The number of rotatable bonds is 7. The molecule has 1 unspecified atom stereocenters. The Morgan fingerprint density at radius 1 is 0.914 bits per heavy atom. The van der Waals surface area contributed by atoms with E-state index in [1.807, 2.05) is 23.1 Å². The van der Waals surface area contributed by atoms with Gasteiger partial charge in [-0.3, -0.25) is 4.90 Å². The minimum atomic E-state index is -1.37. The van der Waals surface area contributed by atoms with Crippen LogP contribution in [0.3, 0.4) is 0 Å². The summed E-state index contributed by atoms with van der Waals surface area (Å²) in [5, 5.41) is 1.32. The molecule has 0 amide bonds. The van der Waals surface area contributed by atoms with Gasteiger partial charge in [0.2, 0.25) is 0 Å². The standard InChI is InChI=1S/C30H29Cl2F2N/c31-24-12-13-27(29(32)15-24)28-7-3-5-22-4-1-2-6-26(22)30(28)23-10-8-20(9-11-23)14-21-17-35(18-21)19-25(34)16-33/h1-2,4,6,8-13,15,21,25H,3,5,7,14,16-19H2. The largest absolute Gasteiger partial charge is 0.300 e. The van der Waals surface area contributed by atoms with Crippen molar-refractivity contribution < 1.29 is 8.78 Å². The van der Waals surface area contributed by atoms with Crippen LogP contribution in [-0.2, 0) is 12.8 Å². The second-order valence-electron chi connectivity index (χ2n) is 9.73. The van der Waals surface area contributed by atoms with Gasteiger partial charge in [-0.1, -0.05) is 77.8 Å². The zero-order valence-electron chi connectivity index (χ0n) is 19.6. The van der Waals surface area contributed by atoms with Gasteiger partial charge in [0, 0.05) is 29.7 Å². The third-order valence-corrected chi connectivity index (χ3v) is 7.69. The number of alkyl halides is 2. The van der Waals surface area contributed by atoms with Crippen LogP contribution in [-0.4, -0.2) is 37.4 Å². The van der Waals surface area contributed by atoms with Crippen molar-refractivity contribution in [1.29, 1.82) is 0 Å². The smallest absolute Gasteiger partial charge is 0.141 e. The van der Waals surface area contributed by atoms with E-state index in [4.69, 9.17) is 23.2 Å². The van der Waals surface area contributed by atoms with Gasteiger partial charge in [-0.2, -0.15) is 0 Å². The summed E-state index contributed by atoms with van der Waals surface area (Å²) in [5.74, 6) is 0.494. The van der Waals surface area contributed by atoms with E-state index in [1.54, 1.807) is 0 Å². The normalized spacial score (nSPS) is 17.6. The molecule has 1 nitrogen and oxygen atoms in total. The maximum Gasteiger partial charge on any atom is 0.141 e. The molecule has 0 N–H and O–H groups in total. The molecule has 0 bridgehead atoms. The number of nitrogens with zero attached hydrogens (tertiary/aromatic N) is 1. The van der Waals surface area contributed by atoms with Crippen molar-refractivity contribution in [3.8, 4) is 0 Å². The lowest BCUT2D eigenvalue weighted by molar-refractivity contribution is 0.0637. The third-order valence-electron chi connectivity index (χ3n) is 7.14. The van der Waals surface area contributed by atoms with Gasteiger partial charge in [-0.25, -0.2) is 8.78 Å². The summed E-state index contributed by atoms with van der Waals surface area (Å²) in [5.41, 5.74) is 8.62. The highest BCUT2D eigenvalue weighted by Gasteiger charge is 2.28. The van der Waals surface area contributed by atoms with Crippen LogP contribution >= 0.6 is 23.2 Å². The molecular formula is C30H29Cl2F2N. The van der Waals surface area contributed by atoms with Crippen molar-refractivity contribution >= 4 is 34.3 Å². The Balaban J connectivity index is 1.44. The van der Waals surface area contributed by atoms with E-state index in [1.165, 1.54) is 33.4 Å². The molecule has 1 fully saturated rings. The van der Waals surface area contributed by atoms with E-state index in [0.29, 0.717) is 16.0 Å². The number of fused-ring (bicyclic) bond motifs is 1. The second-order valence-corrected chi connectivity index (χ2v) is 10.6. The minimum Gasteiger partial charge on any atom is -0.300 e. The Labute approximate surface area is 216 Å². The molecular weight excluding hydrogens is 483 g/mol. The van der Waals surface area contributed by atoms with Gasteiger partial charge in [0.1, 0.15) is 12.8 Å². The monoisotopic (exact) mass is 511 g/mol. The SMILES string of the molecule is FCC(F)CN1CC(Cc2ccc(C3=C(c4ccc(Cl)cc4Cl)CCCc4ccccc43)cc2)C1. The molecule has 3 aromatic rings. The zero-order chi connectivity index (χ0) is 24.4. The lowest BCUT2D eigenvalue weighted by Gasteiger charge is -2.39. The highest BCUT2D eigenvalue weighted by molar-refractivity contribution is 6.36. The summed E-state index contributed by atoms with van der Waals surface area (Å²) >= 11 is 12.9. The van der Waals surface area contributed by atoms with E-state index in [9.17, 15) is 8.78 Å². The quantitative estimate of drug-likeness (QED) is 0.309. The molecule has 1 aliphatic heterocycles. The first-order valence-corrected chi connectivity index (χ1v) is 13.1. The summed E-state index contributed by atoms with van der Waals surface area (Å²) in [7, 11) is 0. The third kappa shape index (κ3) is 5.48. The Hall–Kier alpha value is -2.20. The van der Waals surface area contributed by atoms with Gasteiger partial charge in [0.05, 0.1) is 0 Å². The van der Waals surface area contributed by atoms with Gasteiger partial charge < -0.3 is 0 Å². The van der Waals surface area contributed by atoms with Gasteiger partial charge in [0.25, 0.3) is 0 Å². The molecule has 0 saturated carbocycles. The molecule has 0 radical (unpaired) electrons. The molecule has 3 aromatic carbocycles. The number of aryl methyl sites for hydroxylation is 1. The predicted molar refractivity (Wildman–Crippen MR) is 143 cm³/mol. The number of benzene rings is 3. The van der Waals surface area contributed by atoms with E-state index in [0.717, 1.165) is 44.3 Å². The van der Waals surface area contributed by atoms with Crippen LogP contribution in [0.2, 0.25) is 10.0 Å². The van der Waals surface area contributed by atoms with Gasteiger partial charge in [0.15, 0.2) is 0 Å². The average molecular weight is 512 g/mol. The predicted octanol–water partition coefficient (Wildman–Crippen LogP) is 8.07. The van der Waals surface area contributed by atoms with Crippen molar-refractivity contribution in [3.63, 3.8) is 0 Å². The first kappa shape index (κ1) is 24.5. The number of halogens is 4. The fourth-order valence-electron chi connectivity index (χ4n) is 5.48. The maximum atomic E-state index is 13.3. The maximum absolute atomic E-state index is 13.3. The second kappa shape index (κ2) is 10.8. The number of hydrogen-bond acceptors (Lipinski definition) is 1. The fraction of sp³-hybridized carbons (Fsp3) is 0.333. The molecule has 2 aliphatic rings. The van der Waals surface area contributed by atoms with Crippen LogP contribution in [0.15, 0.2) is 66.7 Å². The fourth-order valence-corrected chi connectivity index (χ4v) is 6.01. The highest BCUT2D eigenvalue weighted by Crippen LogP contribution is 2.42. The topological polar surface area (TPSA) is 3.24 Å². The van der Waals surface area contributed by atoms with E-state index >= 15 is 0 Å². The van der Waals surface area contributed by atoms with Crippen LogP contribution in [0, 0.1) is 5.92 Å².